The lowest BCUT2D eigenvalue weighted by Crippen LogP contribution is -2.12. The van der Waals surface area contributed by atoms with Gasteiger partial charge < -0.3 is 28.4 Å². The van der Waals surface area contributed by atoms with Crippen LogP contribution in [-0.2, 0) is 9.53 Å². The Kier molecular flexibility index (Phi) is 55.6. The van der Waals surface area contributed by atoms with Gasteiger partial charge in [0.25, 0.3) is 0 Å². The van der Waals surface area contributed by atoms with Crippen LogP contribution in [0.25, 0.3) is 6.08 Å². The van der Waals surface area contributed by atoms with E-state index in [9.17, 15) is 4.79 Å². The van der Waals surface area contributed by atoms with E-state index in [-0.39, 0.29) is 5.97 Å². The molecule has 1 aromatic rings. The molecule has 0 spiro atoms. The molecule has 7 nitrogen and oxygen atoms in total. The van der Waals surface area contributed by atoms with Crippen molar-refractivity contribution in [1.82, 2.24) is 0 Å². The summed E-state index contributed by atoms with van der Waals surface area (Å²) in [4.78, 5) is 13.2. The highest BCUT2D eigenvalue weighted by Crippen LogP contribution is 2.55. The number of unbranched alkanes of at least 4 members (excludes halogenated alkanes) is 45. The van der Waals surface area contributed by atoms with E-state index in [2.05, 4.69) is 34.6 Å². The molecule has 0 heterocycles. The molecule has 0 aliphatic rings. The summed E-state index contributed by atoms with van der Waals surface area (Å²) in [5.41, 5.74) is 0.685. The second-order valence-corrected chi connectivity index (χ2v) is 23.3. The topological polar surface area (TPSA) is 72.5 Å². The number of carbonyl (C=O) groups excluding carboxylic acids is 1. The van der Waals surface area contributed by atoms with Crippen molar-refractivity contribution in [3.8, 4) is 28.7 Å². The van der Waals surface area contributed by atoms with Gasteiger partial charge in [-0.1, -0.05) is 324 Å². The third-order valence-corrected chi connectivity index (χ3v) is 15.7. The Morgan fingerprint density at radius 1 is 0.256 bits per heavy atom. The maximum Gasteiger partial charge on any atom is 0.330 e. The average Bonchev–Trinajstić information content (AvgIpc) is 3.49. The van der Waals surface area contributed by atoms with Crippen LogP contribution in [0.15, 0.2) is 6.08 Å². The summed E-state index contributed by atoms with van der Waals surface area (Å²) in [6.07, 6.45) is 66.2. The quantitative estimate of drug-likeness (QED) is 0.0366. The molecule has 7 heteroatoms. The highest BCUT2D eigenvalue weighted by Gasteiger charge is 2.30. The summed E-state index contributed by atoms with van der Waals surface area (Å²) < 4.78 is 40.5. The van der Waals surface area contributed by atoms with E-state index in [0.29, 0.717) is 74.0 Å². The molecule has 1 rings (SSSR count). The summed E-state index contributed by atoms with van der Waals surface area (Å²) in [6.45, 7) is 16.4. The normalized spacial score (nSPS) is 11.5. The van der Waals surface area contributed by atoms with Crippen LogP contribution in [0.4, 0.5) is 0 Å². The van der Waals surface area contributed by atoms with Gasteiger partial charge in [0.1, 0.15) is 0 Å². The molecule has 0 atom stereocenters. The van der Waals surface area contributed by atoms with Crippen LogP contribution in [-0.4, -0.2) is 45.6 Å². The third-order valence-electron chi connectivity index (χ3n) is 15.7. The fourth-order valence-corrected chi connectivity index (χ4v) is 10.6. The van der Waals surface area contributed by atoms with Crippen LogP contribution in [0.5, 0.6) is 28.7 Å². The standard InChI is InChI=1S/C71H132O7/c1-7-13-18-23-28-33-38-43-48-53-60-74-67-65(58-59-66(72)73-12-6)68(75-61-54-49-44-39-34-29-24-19-14-8-2)70(77-63-56-51-46-41-36-31-26-21-16-10-4)71(78-64-57-52-47-42-37-32-27-22-17-11-5)69(67)76-62-55-50-45-40-35-30-25-20-15-9-3/h58-59H,7-57,60-64H2,1-6H3. The van der Waals surface area contributed by atoms with Crippen LogP contribution in [0, 0.1) is 0 Å². The highest BCUT2D eigenvalue weighted by atomic mass is 16.6. The van der Waals surface area contributed by atoms with Crippen LogP contribution in [0.3, 0.4) is 0 Å². The van der Waals surface area contributed by atoms with Crippen molar-refractivity contribution >= 4 is 12.0 Å². The molecule has 0 aliphatic carbocycles. The summed E-state index contributed by atoms with van der Waals surface area (Å²) in [6, 6.07) is 0. The zero-order valence-corrected chi connectivity index (χ0v) is 53.1. The van der Waals surface area contributed by atoms with Gasteiger partial charge in [-0.3, -0.25) is 0 Å². The summed E-state index contributed by atoms with van der Waals surface area (Å²) in [5.74, 6) is 2.60. The van der Waals surface area contributed by atoms with E-state index in [1.807, 2.05) is 13.0 Å². The number of hydrogen-bond acceptors (Lipinski definition) is 7. The summed E-state index contributed by atoms with van der Waals surface area (Å²) in [7, 11) is 0. The van der Waals surface area contributed by atoms with Crippen molar-refractivity contribution in [3.05, 3.63) is 11.6 Å². The monoisotopic (exact) mass is 1100 g/mol. The summed E-state index contributed by atoms with van der Waals surface area (Å²) in [5, 5.41) is 0. The maximum atomic E-state index is 13.2. The number of carbonyl (C=O) groups is 1. The minimum absolute atomic E-state index is 0.305. The number of hydrogen-bond donors (Lipinski definition) is 0. The van der Waals surface area contributed by atoms with E-state index in [1.165, 1.54) is 263 Å². The van der Waals surface area contributed by atoms with Gasteiger partial charge in [-0.25, -0.2) is 4.79 Å². The predicted molar refractivity (Wildman–Crippen MR) is 339 cm³/mol. The van der Waals surface area contributed by atoms with Gasteiger partial charge in [-0.2, -0.15) is 0 Å². The smallest absolute Gasteiger partial charge is 0.330 e. The molecule has 0 fully saturated rings. The largest absolute Gasteiger partial charge is 0.489 e. The van der Waals surface area contributed by atoms with Gasteiger partial charge in [0.05, 0.1) is 45.2 Å². The molecule has 0 N–H and O–H groups in total. The van der Waals surface area contributed by atoms with Crippen molar-refractivity contribution in [3.63, 3.8) is 0 Å². The fourth-order valence-electron chi connectivity index (χ4n) is 10.6. The molecule has 1 aromatic carbocycles. The Bertz CT molecular complexity index is 1360. The number of rotatable bonds is 63. The van der Waals surface area contributed by atoms with Gasteiger partial charge in [0.2, 0.25) is 17.2 Å². The third kappa shape index (κ3) is 43.2. The minimum Gasteiger partial charge on any atom is -0.489 e. The van der Waals surface area contributed by atoms with E-state index in [1.54, 1.807) is 0 Å². The molecule has 0 aliphatic heterocycles. The number of ether oxygens (including phenoxy) is 6. The van der Waals surface area contributed by atoms with Crippen LogP contribution >= 0.6 is 0 Å². The first-order valence-electron chi connectivity index (χ1n) is 34.8. The van der Waals surface area contributed by atoms with Crippen molar-refractivity contribution in [1.29, 1.82) is 0 Å². The van der Waals surface area contributed by atoms with Gasteiger partial charge in [0, 0.05) is 6.08 Å². The van der Waals surface area contributed by atoms with Crippen LogP contribution in [0.2, 0.25) is 0 Å². The van der Waals surface area contributed by atoms with Crippen LogP contribution < -0.4 is 23.7 Å². The molecule has 458 valence electrons. The first kappa shape index (κ1) is 73.4. The zero-order valence-electron chi connectivity index (χ0n) is 53.1. The predicted octanol–water partition coefficient (Wildman–Crippen LogP) is 23.8. The fraction of sp³-hybridized carbons (Fsp3) is 0.873. The van der Waals surface area contributed by atoms with Gasteiger partial charge in [-0.05, 0) is 45.1 Å². The SMILES string of the molecule is CCCCCCCCCCCCOc1c(C=CC(=O)OCC)c(OCCCCCCCCCCCC)c(OCCCCCCCCCCCC)c(OCCCCCCCCCCCC)c1OCCCCCCCCCCCC. The molecule has 78 heavy (non-hydrogen) atoms. The first-order chi connectivity index (χ1) is 38.6. The number of benzene rings is 1. The average molecular weight is 1100 g/mol. The van der Waals surface area contributed by atoms with Crippen molar-refractivity contribution in [2.75, 3.05) is 39.6 Å². The molecular weight excluding hydrogens is 965 g/mol. The summed E-state index contributed by atoms with van der Waals surface area (Å²) >= 11 is 0. The van der Waals surface area contributed by atoms with E-state index < -0.39 is 0 Å². The number of esters is 1. The molecule has 0 saturated heterocycles. The van der Waals surface area contributed by atoms with Gasteiger partial charge in [-0.15, -0.1) is 0 Å². The van der Waals surface area contributed by atoms with Crippen molar-refractivity contribution < 1.29 is 33.2 Å². The Labute approximate surface area is 485 Å². The molecule has 0 bridgehead atoms. The molecule has 0 radical (unpaired) electrons. The van der Waals surface area contributed by atoms with E-state index in [0.717, 1.165) is 64.2 Å². The lowest BCUT2D eigenvalue weighted by Gasteiger charge is -2.25. The van der Waals surface area contributed by atoms with Gasteiger partial charge >= 0.3 is 5.97 Å². The first-order valence-corrected chi connectivity index (χ1v) is 34.8. The molecular formula is C71H132O7. The van der Waals surface area contributed by atoms with Crippen molar-refractivity contribution in [2.45, 2.75) is 363 Å². The lowest BCUT2D eigenvalue weighted by atomic mass is 10.1. The van der Waals surface area contributed by atoms with Gasteiger partial charge in [0.15, 0.2) is 11.5 Å². The zero-order chi connectivity index (χ0) is 56.3. The van der Waals surface area contributed by atoms with E-state index >= 15 is 0 Å². The lowest BCUT2D eigenvalue weighted by molar-refractivity contribution is -0.137. The van der Waals surface area contributed by atoms with E-state index in [4.69, 9.17) is 28.4 Å². The molecule has 0 unspecified atom stereocenters. The second-order valence-electron chi connectivity index (χ2n) is 23.3. The Morgan fingerprint density at radius 3 is 0.641 bits per heavy atom. The Hall–Kier alpha value is -2.57. The van der Waals surface area contributed by atoms with Crippen LogP contribution in [0.1, 0.15) is 368 Å². The van der Waals surface area contributed by atoms with Crippen molar-refractivity contribution in [2.24, 2.45) is 0 Å². The molecule has 0 saturated carbocycles. The molecule has 0 aromatic heterocycles. The Balaban J connectivity index is 3.68. The maximum absolute atomic E-state index is 13.2. The second kappa shape index (κ2) is 59.1. The Morgan fingerprint density at radius 2 is 0.436 bits per heavy atom. The highest BCUT2D eigenvalue weighted by molar-refractivity contribution is 5.90. The minimum atomic E-state index is -0.388. The molecule has 0 amide bonds.